The number of hydrogen-bond acceptors (Lipinski definition) is 6. The highest BCUT2D eigenvalue weighted by atomic mass is 19.4. The SMILES string of the molecule is COc1ccc(CCN(C)C(=O)c2cccc(-c3ncc(C(=O)NCC(F)(F)C(F)(F)F)cn3)c2)cc1OC. The minimum Gasteiger partial charge on any atom is -0.493 e. The second-order valence-electron chi connectivity index (χ2n) is 8.43. The first-order chi connectivity index (χ1) is 18.4. The number of aromatic nitrogens is 2. The van der Waals surface area contributed by atoms with Crippen molar-refractivity contribution in [1.82, 2.24) is 20.2 Å². The van der Waals surface area contributed by atoms with Gasteiger partial charge in [-0.2, -0.15) is 22.0 Å². The van der Waals surface area contributed by atoms with E-state index in [4.69, 9.17) is 9.47 Å². The molecule has 39 heavy (non-hydrogen) atoms. The van der Waals surface area contributed by atoms with E-state index in [-0.39, 0.29) is 17.3 Å². The maximum absolute atomic E-state index is 13.0. The van der Waals surface area contributed by atoms with Crippen molar-refractivity contribution in [3.05, 3.63) is 71.5 Å². The molecule has 1 aromatic heterocycles. The number of benzene rings is 2. The first-order valence-corrected chi connectivity index (χ1v) is 11.5. The standard InChI is InChI=1S/C26H25F5N4O4/c1-35(10-9-16-7-8-20(38-2)21(11-16)39-3)24(37)18-6-4-5-17(12-18)22-32-13-19(14-33-22)23(36)34-15-25(27,28)26(29,30)31/h4-8,11-14H,9-10,15H2,1-3H3,(H,34,36). The Labute approximate surface area is 220 Å². The predicted molar refractivity (Wildman–Crippen MR) is 131 cm³/mol. The fourth-order valence-electron chi connectivity index (χ4n) is 3.43. The summed E-state index contributed by atoms with van der Waals surface area (Å²) >= 11 is 0. The number of nitrogens with zero attached hydrogens (tertiary/aromatic N) is 3. The number of nitrogens with one attached hydrogen (secondary N) is 1. The summed E-state index contributed by atoms with van der Waals surface area (Å²) < 4.78 is 73.4. The maximum Gasteiger partial charge on any atom is 0.455 e. The Bertz CT molecular complexity index is 1320. The van der Waals surface area contributed by atoms with E-state index in [1.165, 1.54) is 12.4 Å². The minimum absolute atomic E-state index is 0.120. The van der Waals surface area contributed by atoms with E-state index in [9.17, 15) is 31.5 Å². The third-order valence-corrected chi connectivity index (χ3v) is 5.70. The van der Waals surface area contributed by atoms with Gasteiger partial charge in [-0.1, -0.05) is 18.2 Å². The molecule has 0 aliphatic carbocycles. The van der Waals surface area contributed by atoms with Crippen LogP contribution in [0.15, 0.2) is 54.9 Å². The van der Waals surface area contributed by atoms with Crippen LogP contribution in [0.25, 0.3) is 11.4 Å². The van der Waals surface area contributed by atoms with Crippen LogP contribution in [0, 0.1) is 0 Å². The molecule has 0 unspecified atom stereocenters. The zero-order valence-corrected chi connectivity index (χ0v) is 21.2. The van der Waals surface area contributed by atoms with E-state index in [0.29, 0.717) is 35.6 Å². The Hall–Kier alpha value is -4.29. The number of carbonyl (C=O) groups is 2. The van der Waals surface area contributed by atoms with Crippen LogP contribution in [0.2, 0.25) is 0 Å². The molecule has 0 bridgehead atoms. The molecular weight excluding hydrogens is 527 g/mol. The van der Waals surface area contributed by atoms with Crippen LogP contribution in [0.4, 0.5) is 22.0 Å². The molecule has 0 radical (unpaired) electrons. The van der Waals surface area contributed by atoms with Crippen molar-refractivity contribution >= 4 is 11.8 Å². The van der Waals surface area contributed by atoms with Crippen LogP contribution >= 0.6 is 0 Å². The van der Waals surface area contributed by atoms with Gasteiger partial charge in [-0.15, -0.1) is 0 Å². The summed E-state index contributed by atoms with van der Waals surface area (Å²) in [6.45, 7) is -1.51. The Morgan fingerprint density at radius 3 is 2.21 bits per heavy atom. The summed E-state index contributed by atoms with van der Waals surface area (Å²) in [5, 5.41) is 1.52. The summed E-state index contributed by atoms with van der Waals surface area (Å²) in [5.74, 6) is -5.23. The lowest BCUT2D eigenvalue weighted by Gasteiger charge is -2.19. The van der Waals surface area contributed by atoms with Gasteiger partial charge in [0, 0.05) is 37.1 Å². The number of rotatable bonds is 10. The van der Waals surface area contributed by atoms with E-state index in [1.807, 2.05) is 12.1 Å². The third kappa shape index (κ3) is 7.18. The highest BCUT2D eigenvalue weighted by Crippen LogP contribution is 2.34. The molecule has 0 aliphatic heterocycles. The Kier molecular flexibility index (Phi) is 9.04. The average Bonchev–Trinajstić information content (AvgIpc) is 2.93. The Balaban J connectivity index is 1.64. The molecule has 2 aromatic carbocycles. The summed E-state index contributed by atoms with van der Waals surface area (Å²) in [4.78, 5) is 34.5. The van der Waals surface area contributed by atoms with Crippen molar-refractivity contribution in [2.24, 2.45) is 0 Å². The van der Waals surface area contributed by atoms with Gasteiger partial charge in [0.25, 0.3) is 11.8 Å². The van der Waals surface area contributed by atoms with Gasteiger partial charge in [0.05, 0.1) is 26.3 Å². The number of alkyl halides is 5. The number of halogens is 5. The van der Waals surface area contributed by atoms with E-state index < -0.39 is 24.6 Å². The first-order valence-electron chi connectivity index (χ1n) is 11.5. The van der Waals surface area contributed by atoms with Gasteiger partial charge in [0.15, 0.2) is 17.3 Å². The number of hydrogen-bond donors (Lipinski definition) is 1. The molecule has 1 N–H and O–H groups in total. The molecule has 208 valence electrons. The second-order valence-corrected chi connectivity index (χ2v) is 8.43. The van der Waals surface area contributed by atoms with Gasteiger partial charge in [0.1, 0.15) is 0 Å². The number of likely N-dealkylation sites (N-methyl/N-ethyl adjacent to an activating group) is 1. The Morgan fingerprint density at radius 1 is 0.923 bits per heavy atom. The molecule has 0 saturated heterocycles. The molecule has 0 saturated carbocycles. The molecule has 0 spiro atoms. The van der Waals surface area contributed by atoms with Crippen LogP contribution in [0.3, 0.4) is 0 Å². The number of carbonyl (C=O) groups excluding carboxylic acids is 2. The van der Waals surface area contributed by atoms with Crippen molar-refractivity contribution in [2.75, 3.05) is 34.4 Å². The number of ether oxygens (including phenoxy) is 2. The van der Waals surface area contributed by atoms with Gasteiger partial charge >= 0.3 is 12.1 Å². The van der Waals surface area contributed by atoms with Gasteiger partial charge in [-0.05, 0) is 36.2 Å². The molecule has 3 rings (SSSR count). The molecule has 3 aromatic rings. The minimum atomic E-state index is -5.79. The van der Waals surface area contributed by atoms with Gasteiger partial charge in [-0.3, -0.25) is 9.59 Å². The lowest BCUT2D eigenvalue weighted by atomic mass is 10.1. The van der Waals surface area contributed by atoms with Gasteiger partial charge in [-0.25, -0.2) is 9.97 Å². The lowest BCUT2D eigenvalue weighted by Crippen LogP contribution is -2.46. The molecular formula is C26H25F5N4O4. The summed E-state index contributed by atoms with van der Waals surface area (Å²) in [6.07, 6.45) is -3.25. The predicted octanol–water partition coefficient (Wildman–Crippen LogP) is 4.40. The quantitative estimate of drug-likeness (QED) is 0.375. The highest BCUT2D eigenvalue weighted by molar-refractivity contribution is 5.95. The molecule has 0 fully saturated rings. The third-order valence-electron chi connectivity index (χ3n) is 5.70. The van der Waals surface area contributed by atoms with Crippen LogP contribution in [0.1, 0.15) is 26.3 Å². The van der Waals surface area contributed by atoms with Crippen molar-refractivity contribution < 1.29 is 41.0 Å². The first kappa shape index (κ1) is 29.3. The van der Waals surface area contributed by atoms with Crippen LogP contribution in [-0.4, -0.2) is 73.1 Å². The zero-order valence-electron chi connectivity index (χ0n) is 21.2. The molecule has 1 heterocycles. The number of methoxy groups -OCH3 is 2. The van der Waals surface area contributed by atoms with Crippen molar-refractivity contribution in [1.29, 1.82) is 0 Å². The zero-order chi connectivity index (χ0) is 28.8. The van der Waals surface area contributed by atoms with Crippen LogP contribution < -0.4 is 14.8 Å². The Morgan fingerprint density at radius 2 is 1.59 bits per heavy atom. The average molecular weight is 553 g/mol. The van der Waals surface area contributed by atoms with Crippen LogP contribution in [0.5, 0.6) is 11.5 Å². The maximum atomic E-state index is 13.0. The monoisotopic (exact) mass is 552 g/mol. The second kappa shape index (κ2) is 12.0. The van der Waals surface area contributed by atoms with Crippen LogP contribution in [-0.2, 0) is 6.42 Å². The van der Waals surface area contributed by atoms with Gasteiger partial charge < -0.3 is 19.7 Å². The molecule has 2 amide bonds. The fraction of sp³-hybridized carbons (Fsp3) is 0.308. The van der Waals surface area contributed by atoms with E-state index >= 15 is 0 Å². The summed E-state index contributed by atoms with van der Waals surface area (Å²) in [6, 6.07) is 11.9. The summed E-state index contributed by atoms with van der Waals surface area (Å²) in [5.41, 5.74) is 1.42. The fourth-order valence-corrected chi connectivity index (χ4v) is 3.43. The molecule has 8 nitrogen and oxygen atoms in total. The molecule has 13 heteroatoms. The smallest absolute Gasteiger partial charge is 0.455 e. The van der Waals surface area contributed by atoms with Gasteiger partial charge in [0.2, 0.25) is 0 Å². The van der Waals surface area contributed by atoms with E-state index in [2.05, 4.69) is 9.97 Å². The van der Waals surface area contributed by atoms with Crippen molar-refractivity contribution in [3.63, 3.8) is 0 Å². The lowest BCUT2D eigenvalue weighted by molar-refractivity contribution is -0.278. The van der Waals surface area contributed by atoms with E-state index in [0.717, 1.165) is 18.0 Å². The summed E-state index contributed by atoms with van der Waals surface area (Å²) in [7, 11) is 4.73. The largest absolute Gasteiger partial charge is 0.493 e. The molecule has 0 aliphatic rings. The van der Waals surface area contributed by atoms with Crippen molar-refractivity contribution in [3.8, 4) is 22.9 Å². The van der Waals surface area contributed by atoms with Crippen molar-refractivity contribution in [2.45, 2.75) is 18.5 Å². The topological polar surface area (TPSA) is 93.7 Å². The highest BCUT2D eigenvalue weighted by Gasteiger charge is 2.57. The molecule has 0 atom stereocenters. The normalized spacial score (nSPS) is 11.6. The van der Waals surface area contributed by atoms with E-state index in [1.54, 1.807) is 49.4 Å². The number of amides is 2.